The molecule has 1 aliphatic heterocycles. The average molecular weight is 176 g/mol. The molecule has 72 valence electrons. The Balaban J connectivity index is 2.63. The molecule has 0 bridgehead atoms. The lowest BCUT2D eigenvalue weighted by Crippen LogP contribution is -2.61. The molecule has 6 N–H and O–H groups in total. The van der Waals surface area contributed by atoms with E-state index in [0.29, 0.717) is 0 Å². The summed E-state index contributed by atoms with van der Waals surface area (Å²) in [5.41, 5.74) is 10.9. The zero-order valence-electron chi connectivity index (χ0n) is 7.05. The highest BCUT2D eigenvalue weighted by atomic mass is 16.5. The second-order valence-electron chi connectivity index (χ2n) is 3.17. The lowest BCUT2D eigenvalue weighted by Gasteiger charge is -2.39. The van der Waals surface area contributed by atoms with Crippen molar-refractivity contribution >= 4 is 0 Å². The number of nitrogens with two attached hydrogens (primary N) is 2. The smallest absolute Gasteiger partial charge is 0.109 e. The third-order valence-corrected chi connectivity index (χ3v) is 2.29. The van der Waals surface area contributed by atoms with E-state index in [-0.39, 0.29) is 12.6 Å². The van der Waals surface area contributed by atoms with Crippen LogP contribution in [0.15, 0.2) is 0 Å². The van der Waals surface area contributed by atoms with Crippen molar-refractivity contribution in [1.82, 2.24) is 0 Å². The number of hydrogen-bond acceptors (Lipinski definition) is 5. The Bertz CT molecular complexity index is 151. The normalized spacial score (nSPS) is 49.2. The van der Waals surface area contributed by atoms with Crippen LogP contribution in [0.25, 0.3) is 0 Å². The molecular formula is C7H16N2O3. The van der Waals surface area contributed by atoms with Gasteiger partial charge < -0.3 is 26.4 Å². The van der Waals surface area contributed by atoms with Crippen LogP contribution < -0.4 is 11.5 Å². The van der Waals surface area contributed by atoms with Gasteiger partial charge >= 0.3 is 0 Å². The second kappa shape index (κ2) is 3.68. The Morgan fingerprint density at radius 2 is 1.92 bits per heavy atom. The predicted molar refractivity (Wildman–Crippen MR) is 43.4 cm³/mol. The maximum Gasteiger partial charge on any atom is 0.109 e. The van der Waals surface area contributed by atoms with Gasteiger partial charge in [0.1, 0.15) is 12.2 Å². The Morgan fingerprint density at radius 1 is 1.33 bits per heavy atom. The van der Waals surface area contributed by atoms with Gasteiger partial charge in [-0.25, -0.2) is 0 Å². The molecule has 5 heteroatoms. The van der Waals surface area contributed by atoms with Crippen LogP contribution in [0.1, 0.15) is 6.92 Å². The summed E-state index contributed by atoms with van der Waals surface area (Å²) < 4.78 is 5.27. The monoisotopic (exact) mass is 176 g/mol. The standard InChI is InChI=1S/C7H16N2O3/c1-3-5(9)7(11)6(10)4(2-8)12-3/h3-7,10-11H,2,8-9H2,1H3/t3-,4?,5?,6+,7?/m0/s1. The molecule has 0 aromatic carbocycles. The number of hydrogen-bond donors (Lipinski definition) is 4. The first-order valence-corrected chi connectivity index (χ1v) is 4.05. The van der Waals surface area contributed by atoms with E-state index in [1.807, 2.05) is 0 Å². The summed E-state index contributed by atoms with van der Waals surface area (Å²) >= 11 is 0. The number of aliphatic hydroxyl groups is 2. The molecule has 5 nitrogen and oxygen atoms in total. The molecule has 1 fully saturated rings. The summed E-state index contributed by atoms with van der Waals surface area (Å²) in [5.74, 6) is 0. The van der Waals surface area contributed by atoms with Gasteiger partial charge in [0, 0.05) is 6.54 Å². The van der Waals surface area contributed by atoms with E-state index in [1.165, 1.54) is 0 Å². The van der Waals surface area contributed by atoms with Crippen molar-refractivity contribution in [3.05, 3.63) is 0 Å². The van der Waals surface area contributed by atoms with Gasteiger partial charge in [-0.05, 0) is 6.92 Å². The summed E-state index contributed by atoms with van der Waals surface area (Å²) in [5, 5.41) is 18.8. The van der Waals surface area contributed by atoms with Gasteiger partial charge in [-0.15, -0.1) is 0 Å². The summed E-state index contributed by atoms with van der Waals surface area (Å²) in [7, 11) is 0. The molecule has 0 amide bonds. The molecule has 0 radical (unpaired) electrons. The fourth-order valence-corrected chi connectivity index (χ4v) is 1.37. The number of ether oxygens (including phenoxy) is 1. The van der Waals surface area contributed by atoms with Crippen LogP contribution >= 0.6 is 0 Å². The second-order valence-corrected chi connectivity index (χ2v) is 3.17. The molecule has 1 aliphatic rings. The molecule has 1 saturated heterocycles. The summed E-state index contributed by atoms with van der Waals surface area (Å²) in [6, 6.07) is -0.539. The predicted octanol–water partition coefficient (Wildman–Crippen LogP) is -2.22. The molecule has 5 atom stereocenters. The van der Waals surface area contributed by atoms with Crippen LogP contribution in [0.5, 0.6) is 0 Å². The van der Waals surface area contributed by atoms with Crippen LogP contribution in [-0.2, 0) is 4.74 Å². The molecule has 12 heavy (non-hydrogen) atoms. The Hall–Kier alpha value is -0.200. The molecule has 1 rings (SSSR count). The highest BCUT2D eigenvalue weighted by Gasteiger charge is 2.39. The minimum Gasteiger partial charge on any atom is -0.389 e. The maximum absolute atomic E-state index is 9.41. The van der Waals surface area contributed by atoms with Crippen molar-refractivity contribution in [2.24, 2.45) is 11.5 Å². The first-order chi connectivity index (χ1) is 5.57. The van der Waals surface area contributed by atoms with Crippen molar-refractivity contribution in [2.75, 3.05) is 6.54 Å². The zero-order chi connectivity index (χ0) is 9.30. The van der Waals surface area contributed by atoms with E-state index in [9.17, 15) is 10.2 Å². The molecule has 0 aromatic heterocycles. The first-order valence-electron chi connectivity index (χ1n) is 4.05. The number of rotatable bonds is 1. The Labute approximate surface area is 71.3 Å². The number of aliphatic hydroxyl groups excluding tert-OH is 2. The van der Waals surface area contributed by atoms with E-state index in [0.717, 1.165) is 0 Å². The van der Waals surface area contributed by atoms with E-state index >= 15 is 0 Å². The van der Waals surface area contributed by atoms with Crippen molar-refractivity contribution < 1.29 is 14.9 Å². The minimum absolute atomic E-state index is 0.190. The van der Waals surface area contributed by atoms with Gasteiger partial charge in [0.25, 0.3) is 0 Å². The lowest BCUT2D eigenvalue weighted by atomic mass is 9.94. The van der Waals surface area contributed by atoms with E-state index < -0.39 is 24.4 Å². The molecular weight excluding hydrogens is 160 g/mol. The van der Waals surface area contributed by atoms with Crippen LogP contribution in [0.2, 0.25) is 0 Å². The van der Waals surface area contributed by atoms with Crippen LogP contribution in [0.3, 0.4) is 0 Å². The van der Waals surface area contributed by atoms with Crippen molar-refractivity contribution in [2.45, 2.75) is 37.4 Å². The summed E-state index contributed by atoms with van der Waals surface area (Å²) in [6.45, 7) is 1.94. The Morgan fingerprint density at radius 3 is 2.42 bits per heavy atom. The highest BCUT2D eigenvalue weighted by Crippen LogP contribution is 2.18. The van der Waals surface area contributed by atoms with Crippen LogP contribution in [-0.4, -0.2) is 47.2 Å². The van der Waals surface area contributed by atoms with E-state index in [1.54, 1.807) is 6.92 Å². The third kappa shape index (κ3) is 1.60. The minimum atomic E-state index is -0.971. The van der Waals surface area contributed by atoms with E-state index in [2.05, 4.69) is 0 Å². The van der Waals surface area contributed by atoms with Gasteiger partial charge in [-0.1, -0.05) is 0 Å². The Kier molecular flexibility index (Phi) is 3.03. The lowest BCUT2D eigenvalue weighted by molar-refractivity contribution is -0.169. The van der Waals surface area contributed by atoms with Gasteiger partial charge in [0.2, 0.25) is 0 Å². The van der Waals surface area contributed by atoms with Crippen molar-refractivity contribution in [3.63, 3.8) is 0 Å². The molecule has 3 unspecified atom stereocenters. The fourth-order valence-electron chi connectivity index (χ4n) is 1.37. The largest absolute Gasteiger partial charge is 0.389 e. The third-order valence-electron chi connectivity index (χ3n) is 2.29. The van der Waals surface area contributed by atoms with Crippen LogP contribution in [0, 0.1) is 0 Å². The van der Waals surface area contributed by atoms with Gasteiger partial charge in [-0.2, -0.15) is 0 Å². The van der Waals surface area contributed by atoms with Gasteiger partial charge in [0.05, 0.1) is 18.2 Å². The van der Waals surface area contributed by atoms with Crippen molar-refractivity contribution in [1.29, 1.82) is 0 Å². The van der Waals surface area contributed by atoms with Crippen LogP contribution in [0.4, 0.5) is 0 Å². The van der Waals surface area contributed by atoms with E-state index in [4.69, 9.17) is 16.2 Å². The highest BCUT2D eigenvalue weighted by molar-refractivity contribution is 4.93. The van der Waals surface area contributed by atoms with Gasteiger partial charge in [-0.3, -0.25) is 0 Å². The molecule has 0 spiro atoms. The molecule has 1 heterocycles. The maximum atomic E-state index is 9.41. The molecule has 0 aliphatic carbocycles. The first kappa shape index (κ1) is 9.88. The summed E-state index contributed by atoms with van der Waals surface area (Å²) in [6.07, 6.45) is -2.68. The zero-order valence-corrected chi connectivity index (χ0v) is 7.05. The quantitative estimate of drug-likeness (QED) is 0.362. The fraction of sp³-hybridized carbons (Fsp3) is 1.00. The SMILES string of the molecule is C[C@@H]1OC(CN)[C@@H](O)C(O)C1N. The molecule has 0 aromatic rings. The topological polar surface area (TPSA) is 102 Å². The average Bonchev–Trinajstić information content (AvgIpc) is 2.08. The van der Waals surface area contributed by atoms with Crippen molar-refractivity contribution in [3.8, 4) is 0 Å². The molecule has 0 saturated carbocycles. The van der Waals surface area contributed by atoms with Gasteiger partial charge in [0.15, 0.2) is 0 Å². The summed E-state index contributed by atoms with van der Waals surface area (Å²) in [4.78, 5) is 0.